The van der Waals surface area contributed by atoms with Crippen molar-refractivity contribution in [3.63, 3.8) is 0 Å². The van der Waals surface area contributed by atoms with Gasteiger partial charge in [0.15, 0.2) is 0 Å². The van der Waals surface area contributed by atoms with Gasteiger partial charge in [-0.15, -0.1) is 0 Å². The van der Waals surface area contributed by atoms with E-state index in [-0.39, 0.29) is 0 Å². The van der Waals surface area contributed by atoms with Crippen LogP contribution >= 0.6 is 0 Å². The molecule has 248 valence electrons. The van der Waals surface area contributed by atoms with Crippen molar-refractivity contribution in [3.05, 3.63) is 0 Å². The van der Waals surface area contributed by atoms with Crippen molar-refractivity contribution in [3.8, 4) is 0 Å². The van der Waals surface area contributed by atoms with Crippen LogP contribution in [0.4, 0.5) is 0 Å². The molecule has 43 heavy (non-hydrogen) atoms. The molecule has 0 saturated carbocycles. The largest absolute Gasteiger partial charge is 0.0696 e. The van der Waals surface area contributed by atoms with E-state index < -0.39 is 78.2 Å². The fourth-order valence-electron chi connectivity index (χ4n) is 21.1. The number of rotatable bonds is 4. The van der Waals surface area contributed by atoms with Gasteiger partial charge in [-0.2, -0.15) is 0 Å². The Morgan fingerprint density at radius 3 is 0.721 bits per heavy atom. The van der Waals surface area contributed by atoms with Crippen LogP contribution in [-0.2, 0) is 0 Å². The Labute approximate surface area is 279 Å². The van der Waals surface area contributed by atoms with Gasteiger partial charge in [-0.1, -0.05) is 180 Å². The average Bonchev–Trinajstić information content (AvgIpc) is 3.27. The Hall–Kier alpha value is 2.39. The zero-order chi connectivity index (χ0) is 33.9. The van der Waals surface area contributed by atoms with Gasteiger partial charge in [0.2, 0.25) is 0 Å². The van der Waals surface area contributed by atoms with Gasteiger partial charge in [0.1, 0.15) is 0 Å². The average molecular weight is 770 g/mol. The minimum absolute atomic E-state index is 0.728. The van der Waals surface area contributed by atoms with E-state index in [1.54, 1.807) is 12.8 Å². The molecule has 0 amide bonds. The lowest BCUT2D eigenvalue weighted by Gasteiger charge is -2.79. The summed E-state index contributed by atoms with van der Waals surface area (Å²) in [6.45, 7) is 67.1. The van der Waals surface area contributed by atoms with Crippen molar-refractivity contribution >= 4 is 78.2 Å². The minimum atomic E-state index is -1.45. The van der Waals surface area contributed by atoms with Gasteiger partial charge >= 0.3 is 0 Å². The van der Waals surface area contributed by atoms with E-state index in [0.717, 1.165) is 28.7 Å². The van der Waals surface area contributed by atoms with Gasteiger partial charge in [0.25, 0.3) is 0 Å². The first-order valence-electron chi connectivity index (χ1n) is 18.5. The molecular formula is C32H76Si11. The topological polar surface area (TPSA) is 0 Å². The third-order valence-electron chi connectivity index (χ3n) is 17.8. The first-order valence-corrected chi connectivity index (χ1v) is 57.5. The Bertz CT molecular complexity index is 1230. The SMILES string of the molecule is CC(C)(C)[Si]12[Si]3(C(C)(C)C)[Si@]45[Si]6(C([Si](C)(C)C)([Si](C)(C)C)CCC6([Si](C)(C)C)[Si](C)(C)C)[Si@]34[Si@@]1(C(C)(C)C)[Si@]25C(C)(C)C. The lowest BCUT2D eigenvalue weighted by molar-refractivity contribution is 0.714. The highest BCUT2D eigenvalue weighted by atomic mass is 31.4. The summed E-state index contributed by atoms with van der Waals surface area (Å²) in [6, 6.07) is 0. The molecule has 7 heterocycles. The third kappa shape index (κ3) is 2.15. The Balaban J connectivity index is 1.92. The molecule has 0 radical (unpaired) electrons. The molecule has 7 aliphatic heterocycles. The van der Waals surface area contributed by atoms with E-state index >= 15 is 0 Å². The molecule has 7 aliphatic rings. The number of hydrogen-bond donors (Lipinski definition) is 0. The van der Waals surface area contributed by atoms with Crippen LogP contribution in [0.5, 0.6) is 0 Å². The van der Waals surface area contributed by atoms with Crippen LogP contribution in [0.1, 0.15) is 95.9 Å². The van der Waals surface area contributed by atoms with Crippen molar-refractivity contribution < 1.29 is 0 Å². The smallest absolute Gasteiger partial charge is 0.0447 e. The first kappa shape index (κ1) is 35.2. The second-order valence-corrected chi connectivity index (χ2v) is 155. The standard InChI is InChI=1S/C32H76Si11/c1-27(2,3)38-39(28(4,5)6)40(38,29(7,8)9)43-37(42(39,43)41(38,43)30(10,11)12)31(33(13,14)15,34(16,17)18)25-26-32(37,35(19,20)21)36(22,23)24/h25-26H2,1-24H3/t38?,39-,40+,41?,42+,43-. The van der Waals surface area contributed by atoms with Crippen LogP contribution in [0, 0.1) is 0 Å². The predicted octanol–water partition coefficient (Wildman–Crippen LogP) is 11.0. The molecule has 0 aromatic carbocycles. The normalized spacial score (nSPS) is 45.2. The second-order valence-electron chi connectivity index (χ2n) is 25.6. The zero-order valence-electron chi connectivity index (χ0n) is 33.9. The maximum absolute atomic E-state index is 3.02. The van der Waals surface area contributed by atoms with Gasteiger partial charge in [-0.25, -0.2) is 0 Å². The lowest BCUT2D eigenvalue weighted by atomic mass is 10.2. The van der Waals surface area contributed by atoms with E-state index in [1.807, 2.05) is 0 Å². The highest BCUT2D eigenvalue weighted by molar-refractivity contribution is 9.12. The molecule has 2 unspecified atom stereocenters. The van der Waals surface area contributed by atoms with Crippen LogP contribution in [-0.4, -0.2) is 78.2 Å². The molecule has 7 rings (SSSR count). The van der Waals surface area contributed by atoms with E-state index in [0.29, 0.717) is 0 Å². The van der Waals surface area contributed by atoms with Gasteiger partial charge in [0.05, 0.1) is 0 Å². The summed E-state index contributed by atoms with van der Waals surface area (Å²) in [6.07, 6.45) is 1.26. The van der Waals surface area contributed by atoms with E-state index in [4.69, 9.17) is 0 Å². The summed E-state index contributed by atoms with van der Waals surface area (Å²) in [5.74, 6) is 0. The van der Waals surface area contributed by atoms with Crippen molar-refractivity contribution in [1.29, 1.82) is 0 Å². The Kier molecular flexibility index (Phi) is 6.05. The van der Waals surface area contributed by atoms with Gasteiger partial charge in [-0.3, -0.25) is 0 Å². The highest BCUT2D eigenvalue weighted by Crippen LogP contribution is 3.24. The van der Waals surface area contributed by atoms with Crippen LogP contribution in [0.15, 0.2) is 0 Å². The van der Waals surface area contributed by atoms with Crippen molar-refractivity contribution in [2.75, 3.05) is 0 Å². The summed E-state index contributed by atoms with van der Waals surface area (Å²) in [7, 11) is -7.12. The predicted molar refractivity (Wildman–Crippen MR) is 227 cm³/mol. The summed E-state index contributed by atoms with van der Waals surface area (Å²) in [5.41, 5.74) is 0. The third-order valence-corrected chi connectivity index (χ3v) is 408. The van der Waals surface area contributed by atoms with E-state index in [9.17, 15) is 0 Å². The van der Waals surface area contributed by atoms with Gasteiger partial charge in [-0.05, 0) is 23.7 Å². The lowest BCUT2D eigenvalue weighted by Crippen LogP contribution is -3.01. The Morgan fingerprint density at radius 2 is 0.558 bits per heavy atom. The maximum Gasteiger partial charge on any atom is 0.0447 e. The summed E-state index contributed by atoms with van der Waals surface area (Å²) in [4.78, 5) is 0. The van der Waals surface area contributed by atoms with Crippen LogP contribution in [0.2, 0.25) is 107 Å². The summed E-state index contributed by atoms with van der Waals surface area (Å²) in [5, 5.41) is 2.97. The van der Waals surface area contributed by atoms with Crippen molar-refractivity contribution in [2.45, 2.75) is 203 Å². The summed E-state index contributed by atoms with van der Waals surface area (Å²) >= 11 is 0. The highest BCUT2D eigenvalue weighted by Gasteiger charge is 3.54. The van der Waals surface area contributed by atoms with Crippen LogP contribution in [0.3, 0.4) is 0 Å². The molecule has 7 saturated heterocycles. The van der Waals surface area contributed by atoms with Gasteiger partial charge < -0.3 is 0 Å². The first-order chi connectivity index (χ1) is 18.5. The summed E-state index contributed by atoms with van der Waals surface area (Å²) < 4.78 is 1.96. The molecule has 0 nitrogen and oxygen atoms in total. The molecule has 3 spiro atoms. The van der Waals surface area contributed by atoms with Crippen molar-refractivity contribution in [2.24, 2.45) is 0 Å². The fraction of sp³-hybridized carbons (Fsp3) is 1.00. The molecule has 7 fully saturated rings. The van der Waals surface area contributed by atoms with Crippen LogP contribution < -0.4 is 0 Å². The van der Waals surface area contributed by atoms with E-state index in [1.165, 1.54) is 0 Å². The van der Waals surface area contributed by atoms with Crippen molar-refractivity contribution in [1.82, 2.24) is 0 Å². The molecule has 0 aromatic rings. The monoisotopic (exact) mass is 768 g/mol. The van der Waals surface area contributed by atoms with Crippen LogP contribution in [0.25, 0.3) is 0 Å². The minimum Gasteiger partial charge on any atom is -0.0696 e. The molecular weight excluding hydrogens is 693 g/mol. The Morgan fingerprint density at radius 1 is 0.349 bits per heavy atom. The van der Waals surface area contributed by atoms with E-state index in [2.05, 4.69) is 162 Å². The molecule has 0 aliphatic carbocycles. The molecule has 0 aromatic heterocycles. The fourth-order valence-corrected chi connectivity index (χ4v) is 1190. The molecule has 11 heteroatoms. The molecule has 0 N–H and O–H groups in total. The molecule has 0 bridgehead atoms. The quantitative estimate of drug-likeness (QED) is 0.250. The maximum atomic E-state index is 3.02. The van der Waals surface area contributed by atoms with Gasteiger partial charge in [0, 0.05) is 78.2 Å². The zero-order valence-corrected chi connectivity index (χ0v) is 44.9. The molecule has 6 atom stereocenters. The number of hydrogen-bond acceptors (Lipinski definition) is 0. The second kappa shape index (κ2) is 7.38.